The zero-order valence-corrected chi connectivity index (χ0v) is 11.8. The minimum atomic E-state index is -0.784. The number of hydrogen-bond donors (Lipinski definition) is 1. The molecule has 1 aliphatic heterocycles. The van der Waals surface area contributed by atoms with Gasteiger partial charge in [-0.05, 0) is 13.8 Å². The normalized spacial score (nSPS) is 16.4. The molecule has 1 aromatic heterocycles. The minimum Gasteiger partial charge on any atom is -0.480 e. The van der Waals surface area contributed by atoms with Gasteiger partial charge in [-0.1, -0.05) is 0 Å². The second-order valence-corrected chi connectivity index (χ2v) is 5.04. The van der Waals surface area contributed by atoms with Crippen LogP contribution in [0.25, 0.3) is 0 Å². The van der Waals surface area contributed by atoms with E-state index in [1.807, 2.05) is 24.8 Å². The largest absolute Gasteiger partial charge is 0.480 e. The molecule has 1 N–H and O–H groups in total. The van der Waals surface area contributed by atoms with Crippen LogP contribution in [0.5, 0.6) is 5.88 Å². The highest BCUT2D eigenvalue weighted by Crippen LogP contribution is 2.18. The molecule has 7 heteroatoms. The number of rotatable bonds is 5. The van der Waals surface area contributed by atoms with Crippen molar-refractivity contribution in [2.75, 3.05) is 37.6 Å². The van der Waals surface area contributed by atoms with Crippen LogP contribution in [0.4, 0.5) is 5.82 Å². The Morgan fingerprint density at radius 1 is 1.35 bits per heavy atom. The molecule has 1 saturated heterocycles. The maximum Gasteiger partial charge on any atom is 0.317 e. The summed E-state index contributed by atoms with van der Waals surface area (Å²) in [5, 5.41) is 8.78. The minimum absolute atomic E-state index is 0.0742. The predicted octanol–water partition coefficient (Wildman–Crippen LogP) is 0.470. The molecule has 0 bridgehead atoms. The lowest BCUT2D eigenvalue weighted by atomic mass is 10.3. The van der Waals surface area contributed by atoms with Crippen molar-refractivity contribution in [2.24, 2.45) is 0 Å². The maximum atomic E-state index is 10.7. The van der Waals surface area contributed by atoms with Gasteiger partial charge in [-0.25, -0.2) is 9.97 Å². The molecule has 1 aromatic rings. The molecular weight excluding hydrogens is 260 g/mol. The van der Waals surface area contributed by atoms with Crippen LogP contribution in [0.15, 0.2) is 12.4 Å². The Morgan fingerprint density at radius 3 is 2.65 bits per heavy atom. The van der Waals surface area contributed by atoms with Crippen molar-refractivity contribution < 1.29 is 14.6 Å². The number of aliphatic carboxylic acids is 1. The topological polar surface area (TPSA) is 78.8 Å². The first kappa shape index (κ1) is 14.5. The van der Waals surface area contributed by atoms with Gasteiger partial charge >= 0.3 is 5.97 Å². The van der Waals surface area contributed by atoms with Gasteiger partial charge in [0.15, 0.2) is 0 Å². The summed E-state index contributed by atoms with van der Waals surface area (Å²) in [6.45, 7) is 6.95. The fraction of sp³-hybridized carbons (Fsp3) is 0.615. The summed E-state index contributed by atoms with van der Waals surface area (Å²) in [6.07, 6.45) is 1.57. The maximum absolute atomic E-state index is 10.7. The third-order valence-corrected chi connectivity index (χ3v) is 3.04. The molecule has 0 radical (unpaired) electrons. The van der Waals surface area contributed by atoms with Crippen molar-refractivity contribution >= 4 is 11.8 Å². The number of ether oxygens (including phenoxy) is 1. The van der Waals surface area contributed by atoms with E-state index in [1.54, 1.807) is 0 Å². The average Bonchev–Trinajstić information content (AvgIpc) is 2.38. The Hall–Kier alpha value is -1.89. The number of carbonyl (C=O) groups is 1. The van der Waals surface area contributed by atoms with Crippen LogP contribution in [0.1, 0.15) is 13.8 Å². The van der Waals surface area contributed by atoms with Crippen LogP contribution in [0, 0.1) is 0 Å². The van der Waals surface area contributed by atoms with Crippen molar-refractivity contribution in [3.8, 4) is 5.88 Å². The molecule has 20 heavy (non-hydrogen) atoms. The second kappa shape index (κ2) is 6.51. The Labute approximate surface area is 118 Å². The summed E-state index contributed by atoms with van der Waals surface area (Å²) >= 11 is 0. The van der Waals surface area contributed by atoms with E-state index in [1.165, 1.54) is 6.33 Å². The standard InChI is InChI=1S/C13H20N4O3/c1-10(2)20-12-7-11(14-9-15-12)17-5-3-16(4-6-17)8-13(18)19/h7,9-10H,3-6,8H2,1-2H3,(H,18,19). The zero-order valence-electron chi connectivity index (χ0n) is 11.8. The van der Waals surface area contributed by atoms with Crippen LogP contribution < -0.4 is 9.64 Å². The van der Waals surface area contributed by atoms with E-state index in [9.17, 15) is 4.79 Å². The van der Waals surface area contributed by atoms with Crippen LogP contribution in [0.2, 0.25) is 0 Å². The first-order valence-electron chi connectivity index (χ1n) is 6.72. The molecule has 0 aliphatic carbocycles. The van der Waals surface area contributed by atoms with Gasteiger partial charge in [-0.2, -0.15) is 0 Å². The van der Waals surface area contributed by atoms with E-state index in [4.69, 9.17) is 9.84 Å². The van der Waals surface area contributed by atoms with E-state index >= 15 is 0 Å². The third-order valence-electron chi connectivity index (χ3n) is 3.04. The van der Waals surface area contributed by atoms with Crippen molar-refractivity contribution in [2.45, 2.75) is 20.0 Å². The summed E-state index contributed by atoms with van der Waals surface area (Å²) in [7, 11) is 0. The summed E-state index contributed by atoms with van der Waals surface area (Å²) < 4.78 is 5.55. The third kappa shape index (κ3) is 4.06. The van der Waals surface area contributed by atoms with Gasteiger partial charge in [0.1, 0.15) is 12.1 Å². The second-order valence-electron chi connectivity index (χ2n) is 5.04. The van der Waals surface area contributed by atoms with Gasteiger partial charge in [-0.3, -0.25) is 9.69 Å². The van der Waals surface area contributed by atoms with E-state index in [2.05, 4.69) is 14.9 Å². The molecule has 0 unspecified atom stereocenters. The van der Waals surface area contributed by atoms with Gasteiger partial charge in [0.2, 0.25) is 5.88 Å². The summed E-state index contributed by atoms with van der Waals surface area (Å²) in [5.74, 6) is 0.608. The van der Waals surface area contributed by atoms with Gasteiger partial charge in [-0.15, -0.1) is 0 Å². The first-order chi connectivity index (χ1) is 9.54. The fourth-order valence-electron chi connectivity index (χ4n) is 2.14. The molecule has 1 aliphatic rings. The smallest absolute Gasteiger partial charge is 0.317 e. The summed E-state index contributed by atoms with van der Waals surface area (Å²) in [4.78, 5) is 23.1. The van der Waals surface area contributed by atoms with Gasteiger partial charge in [0.25, 0.3) is 0 Å². The number of aromatic nitrogens is 2. The highest BCUT2D eigenvalue weighted by Gasteiger charge is 2.20. The number of hydrogen-bond acceptors (Lipinski definition) is 6. The lowest BCUT2D eigenvalue weighted by Gasteiger charge is -2.34. The number of carboxylic acid groups (broad SMARTS) is 1. The molecule has 0 saturated carbocycles. The fourth-order valence-corrected chi connectivity index (χ4v) is 2.14. The van der Waals surface area contributed by atoms with E-state index in [0.717, 1.165) is 32.0 Å². The van der Waals surface area contributed by atoms with Crippen molar-refractivity contribution in [3.63, 3.8) is 0 Å². The lowest BCUT2D eigenvalue weighted by Crippen LogP contribution is -2.48. The summed E-state index contributed by atoms with van der Waals surface area (Å²) in [6, 6.07) is 1.83. The lowest BCUT2D eigenvalue weighted by molar-refractivity contribution is -0.138. The highest BCUT2D eigenvalue weighted by atomic mass is 16.5. The zero-order chi connectivity index (χ0) is 14.5. The van der Waals surface area contributed by atoms with E-state index in [0.29, 0.717) is 5.88 Å². The monoisotopic (exact) mass is 280 g/mol. The molecule has 2 rings (SSSR count). The SMILES string of the molecule is CC(C)Oc1cc(N2CCN(CC(=O)O)CC2)ncn1. The summed E-state index contributed by atoms with van der Waals surface area (Å²) in [5.41, 5.74) is 0. The Kier molecular flexibility index (Phi) is 4.73. The molecule has 0 spiro atoms. The molecule has 0 amide bonds. The van der Waals surface area contributed by atoms with Crippen molar-refractivity contribution in [1.82, 2.24) is 14.9 Å². The quantitative estimate of drug-likeness (QED) is 0.840. The number of carboxylic acids is 1. The van der Waals surface area contributed by atoms with E-state index in [-0.39, 0.29) is 12.6 Å². The van der Waals surface area contributed by atoms with Gasteiger partial charge in [0, 0.05) is 32.2 Å². The number of anilines is 1. The van der Waals surface area contributed by atoms with Crippen LogP contribution in [0.3, 0.4) is 0 Å². The molecule has 1 fully saturated rings. The van der Waals surface area contributed by atoms with Crippen LogP contribution in [-0.2, 0) is 4.79 Å². The highest BCUT2D eigenvalue weighted by molar-refractivity contribution is 5.69. The number of nitrogens with zero attached hydrogens (tertiary/aromatic N) is 4. The molecule has 2 heterocycles. The molecule has 7 nitrogen and oxygen atoms in total. The Balaban J connectivity index is 1.94. The average molecular weight is 280 g/mol. The van der Waals surface area contributed by atoms with Crippen LogP contribution >= 0.6 is 0 Å². The first-order valence-corrected chi connectivity index (χ1v) is 6.72. The molecular formula is C13H20N4O3. The van der Waals surface area contributed by atoms with E-state index < -0.39 is 5.97 Å². The molecule has 0 atom stereocenters. The number of piperazine rings is 1. The molecule has 0 aromatic carbocycles. The van der Waals surface area contributed by atoms with Gasteiger partial charge < -0.3 is 14.7 Å². The Bertz CT molecular complexity index is 459. The van der Waals surface area contributed by atoms with Crippen molar-refractivity contribution in [3.05, 3.63) is 12.4 Å². The predicted molar refractivity (Wildman–Crippen MR) is 74.1 cm³/mol. The Morgan fingerprint density at radius 2 is 2.05 bits per heavy atom. The van der Waals surface area contributed by atoms with Crippen molar-refractivity contribution in [1.29, 1.82) is 0 Å². The van der Waals surface area contributed by atoms with Gasteiger partial charge in [0.05, 0.1) is 12.6 Å². The molecule has 110 valence electrons. The van der Waals surface area contributed by atoms with Crippen LogP contribution in [-0.4, -0.2) is 64.8 Å².